The Kier molecular flexibility index (Phi) is 4.87. The van der Waals surface area contributed by atoms with E-state index in [-0.39, 0.29) is 23.3 Å². The molecule has 3 fully saturated rings. The van der Waals surface area contributed by atoms with Crippen LogP contribution in [0.3, 0.4) is 0 Å². The molecular weight excluding hydrogens is 342 g/mol. The highest BCUT2D eigenvalue weighted by molar-refractivity contribution is 5.84. The number of carbonyl (C=O) groups excluding carboxylic acids is 1. The van der Waals surface area contributed by atoms with E-state index in [9.17, 15) is 14.7 Å². The maximum absolute atomic E-state index is 13.5. The monoisotopic (exact) mass is 371 g/mol. The molecule has 27 heavy (non-hydrogen) atoms. The van der Waals surface area contributed by atoms with Gasteiger partial charge in [0.15, 0.2) is 0 Å². The molecule has 4 rings (SSSR count). The summed E-state index contributed by atoms with van der Waals surface area (Å²) in [6, 6.07) is 8.04. The van der Waals surface area contributed by atoms with E-state index < -0.39 is 5.97 Å². The fourth-order valence-electron chi connectivity index (χ4n) is 5.83. The van der Waals surface area contributed by atoms with Gasteiger partial charge >= 0.3 is 5.97 Å². The van der Waals surface area contributed by atoms with E-state index in [1.165, 1.54) is 6.42 Å². The van der Waals surface area contributed by atoms with Crippen LogP contribution in [0.25, 0.3) is 0 Å². The van der Waals surface area contributed by atoms with Crippen molar-refractivity contribution in [1.29, 1.82) is 0 Å². The summed E-state index contributed by atoms with van der Waals surface area (Å²) >= 11 is 0. The Hall–Kier alpha value is -2.04. The second kappa shape index (κ2) is 7.17. The molecule has 0 saturated heterocycles. The van der Waals surface area contributed by atoms with Gasteiger partial charge < -0.3 is 15.2 Å². The lowest BCUT2D eigenvalue weighted by Crippen LogP contribution is -2.49. The van der Waals surface area contributed by atoms with Crippen molar-refractivity contribution >= 4 is 11.9 Å². The topological polar surface area (TPSA) is 75.6 Å². The molecule has 1 amide bonds. The largest absolute Gasteiger partial charge is 0.497 e. The van der Waals surface area contributed by atoms with Crippen LogP contribution in [0.4, 0.5) is 0 Å². The Labute approximate surface area is 160 Å². The van der Waals surface area contributed by atoms with E-state index >= 15 is 0 Å². The standard InChI is InChI=1S/C22H29NO4/c1-27-19-4-2-3-14(10-19)12-22(13-15-5-7-17(22)9-15)21(26)23-18-8-6-16(11-18)20(24)25/h2-4,10,15-18H,5-9,11-13H2,1H3,(H,23,26)(H,24,25)/t15?,16-,17?,18+,22?/m1/s1. The minimum atomic E-state index is -0.738. The first-order valence-electron chi connectivity index (χ1n) is 10.2. The summed E-state index contributed by atoms with van der Waals surface area (Å²) in [5.41, 5.74) is 0.795. The first kappa shape index (κ1) is 18.3. The maximum Gasteiger partial charge on any atom is 0.306 e. The third-order valence-electron chi connectivity index (χ3n) is 7.20. The van der Waals surface area contributed by atoms with E-state index in [1.807, 2.05) is 18.2 Å². The van der Waals surface area contributed by atoms with E-state index in [0.717, 1.165) is 43.4 Å². The van der Waals surface area contributed by atoms with Crippen molar-refractivity contribution in [3.8, 4) is 5.75 Å². The number of amides is 1. The van der Waals surface area contributed by atoms with Gasteiger partial charge in [-0.3, -0.25) is 9.59 Å². The maximum atomic E-state index is 13.5. The van der Waals surface area contributed by atoms with Gasteiger partial charge in [0.1, 0.15) is 5.75 Å². The van der Waals surface area contributed by atoms with Crippen molar-refractivity contribution in [2.24, 2.45) is 23.2 Å². The van der Waals surface area contributed by atoms with Crippen LogP contribution in [0.2, 0.25) is 0 Å². The van der Waals surface area contributed by atoms with Crippen molar-refractivity contribution in [3.05, 3.63) is 29.8 Å². The molecule has 0 aliphatic heterocycles. The number of fused-ring (bicyclic) bond motifs is 2. The first-order valence-corrected chi connectivity index (χ1v) is 10.2. The van der Waals surface area contributed by atoms with Gasteiger partial charge in [-0.1, -0.05) is 18.6 Å². The lowest BCUT2D eigenvalue weighted by atomic mass is 9.68. The number of carboxylic acids is 1. The number of hydrogen-bond acceptors (Lipinski definition) is 3. The summed E-state index contributed by atoms with van der Waals surface area (Å²) in [6.45, 7) is 0. The normalized spacial score (nSPS) is 34.6. The second-order valence-corrected chi connectivity index (χ2v) is 8.78. The molecule has 3 aliphatic rings. The molecule has 146 valence electrons. The summed E-state index contributed by atoms with van der Waals surface area (Å²) in [7, 11) is 1.66. The van der Waals surface area contributed by atoms with Gasteiger partial charge in [-0.2, -0.15) is 0 Å². The number of aliphatic carboxylic acids is 1. The first-order chi connectivity index (χ1) is 13.0. The SMILES string of the molecule is COc1cccc(CC2(C(=O)N[C@H]3CC[C@@H](C(=O)O)C3)CC3CCC2C3)c1. The predicted molar refractivity (Wildman–Crippen MR) is 101 cm³/mol. The van der Waals surface area contributed by atoms with Crippen molar-refractivity contribution in [2.45, 2.75) is 57.4 Å². The molecule has 2 N–H and O–H groups in total. The van der Waals surface area contributed by atoms with Crippen LogP contribution in [0.1, 0.15) is 50.5 Å². The van der Waals surface area contributed by atoms with Gasteiger partial charge in [0.05, 0.1) is 18.4 Å². The highest BCUT2D eigenvalue weighted by Crippen LogP contribution is 2.57. The Morgan fingerprint density at radius 3 is 2.70 bits per heavy atom. The number of carbonyl (C=O) groups is 2. The second-order valence-electron chi connectivity index (χ2n) is 8.78. The van der Waals surface area contributed by atoms with Gasteiger partial charge in [0.2, 0.25) is 5.91 Å². The molecule has 0 heterocycles. The average Bonchev–Trinajstić information content (AvgIpc) is 3.38. The molecule has 0 spiro atoms. The fourth-order valence-corrected chi connectivity index (χ4v) is 5.83. The molecular formula is C22H29NO4. The lowest BCUT2D eigenvalue weighted by molar-refractivity contribution is -0.142. The van der Waals surface area contributed by atoms with Crippen molar-refractivity contribution < 1.29 is 19.4 Å². The minimum Gasteiger partial charge on any atom is -0.497 e. The lowest BCUT2D eigenvalue weighted by Gasteiger charge is -2.37. The third kappa shape index (κ3) is 3.44. The molecule has 5 heteroatoms. The van der Waals surface area contributed by atoms with Crippen LogP contribution >= 0.6 is 0 Å². The number of nitrogens with one attached hydrogen (secondary N) is 1. The van der Waals surface area contributed by atoms with Crippen LogP contribution < -0.4 is 10.1 Å². The highest BCUT2D eigenvalue weighted by atomic mass is 16.5. The highest BCUT2D eigenvalue weighted by Gasteiger charge is 2.55. The van der Waals surface area contributed by atoms with Crippen LogP contribution in [0.15, 0.2) is 24.3 Å². The molecule has 5 atom stereocenters. The van der Waals surface area contributed by atoms with Crippen molar-refractivity contribution in [2.75, 3.05) is 7.11 Å². The predicted octanol–water partition coefficient (Wildman–Crippen LogP) is 3.41. The quantitative estimate of drug-likeness (QED) is 0.803. The number of rotatable bonds is 6. The number of hydrogen-bond donors (Lipinski definition) is 2. The molecule has 2 bridgehead atoms. The Balaban J connectivity index is 1.52. The summed E-state index contributed by atoms with van der Waals surface area (Å²) in [4.78, 5) is 24.7. The van der Waals surface area contributed by atoms with Crippen LogP contribution in [0, 0.1) is 23.2 Å². The van der Waals surface area contributed by atoms with Gasteiger partial charge in [-0.05, 0) is 74.5 Å². The molecule has 3 saturated carbocycles. The Morgan fingerprint density at radius 1 is 1.22 bits per heavy atom. The number of benzene rings is 1. The van der Waals surface area contributed by atoms with E-state index in [2.05, 4.69) is 11.4 Å². The summed E-state index contributed by atoms with van der Waals surface area (Å²) < 4.78 is 5.36. The van der Waals surface area contributed by atoms with E-state index in [0.29, 0.717) is 24.7 Å². The van der Waals surface area contributed by atoms with Crippen LogP contribution in [0.5, 0.6) is 5.75 Å². The zero-order valence-corrected chi connectivity index (χ0v) is 15.9. The van der Waals surface area contributed by atoms with E-state index in [1.54, 1.807) is 7.11 Å². The van der Waals surface area contributed by atoms with Gasteiger partial charge in [0.25, 0.3) is 0 Å². The molecule has 1 aromatic carbocycles. The zero-order chi connectivity index (χ0) is 19.0. The zero-order valence-electron chi connectivity index (χ0n) is 15.9. The number of methoxy groups -OCH3 is 1. The minimum absolute atomic E-state index is 0.0000824. The Morgan fingerprint density at radius 2 is 2.07 bits per heavy atom. The summed E-state index contributed by atoms with van der Waals surface area (Å²) in [5, 5.41) is 12.5. The molecule has 1 aromatic rings. The molecule has 3 aliphatic carbocycles. The van der Waals surface area contributed by atoms with Crippen molar-refractivity contribution in [1.82, 2.24) is 5.32 Å². The average molecular weight is 371 g/mol. The van der Waals surface area contributed by atoms with Crippen molar-refractivity contribution in [3.63, 3.8) is 0 Å². The fraction of sp³-hybridized carbons (Fsp3) is 0.636. The molecule has 5 nitrogen and oxygen atoms in total. The van der Waals surface area contributed by atoms with Gasteiger partial charge in [-0.25, -0.2) is 0 Å². The summed E-state index contributed by atoms with van der Waals surface area (Å²) in [6.07, 6.45) is 7.21. The van der Waals surface area contributed by atoms with E-state index in [4.69, 9.17) is 4.74 Å². The third-order valence-corrected chi connectivity index (χ3v) is 7.20. The van der Waals surface area contributed by atoms with Gasteiger partial charge in [-0.15, -0.1) is 0 Å². The molecule has 0 aromatic heterocycles. The molecule has 3 unspecified atom stereocenters. The summed E-state index contributed by atoms with van der Waals surface area (Å²) in [5.74, 6) is 1.01. The Bertz CT molecular complexity index is 733. The number of ether oxygens (including phenoxy) is 1. The molecule has 0 radical (unpaired) electrons. The smallest absolute Gasteiger partial charge is 0.306 e. The van der Waals surface area contributed by atoms with Gasteiger partial charge in [0, 0.05) is 6.04 Å². The van der Waals surface area contributed by atoms with Crippen LogP contribution in [-0.2, 0) is 16.0 Å². The number of carboxylic acid groups (broad SMARTS) is 1. The van der Waals surface area contributed by atoms with Crippen LogP contribution in [-0.4, -0.2) is 30.1 Å².